The average molecular weight is 436 g/mol. The Hall–Kier alpha value is -3.26. The summed E-state index contributed by atoms with van der Waals surface area (Å²) in [4.78, 5) is 48.8. The molecule has 1 atom stereocenters. The predicted octanol–water partition coefficient (Wildman–Crippen LogP) is 3.40. The van der Waals surface area contributed by atoms with Crippen molar-refractivity contribution in [2.75, 3.05) is 12.0 Å². The maximum Gasteiger partial charge on any atom is 0.329 e. The Morgan fingerprint density at radius 3 is 2.19 bits per heavy atom. The summed E-state index contributed by atoms with van der Waals surface area (Å²) in [7, 11) is 0. The first-order valence-corrected chi connectivity index (χ1v) is 11.3. The van der Waals surface area contributed by atoms with Crippen LogP contribution in [0.2, 0.25) is 0 Å². The number of aryl methyl sites for hydroxylation is 1. The summed E-state index contributed by atoms with van der Waals surface area (Å²) in [6.45, 7) is 1.72. The molecule has 2 amide bonds. The molecular formula is C23H21N3O4S. The van der Waals surface area contributed by atoms with E-state index >= 15 is 0 Å². The minimum atomic E-state index is -0.992. The van der Waals surface area contributed by atoms with E-state index in [1.54, 1.807) is 31.2 Å². The topological polar surface area (TPSA) is 89.5 Å². The maximum absolute atomic E-state index is 13.0. The molecule has 2 heterocycles. The van der Waals surface area contributed by atoms with Crippen LogP contribution >= 0.6 is 11.8 Å². The first kappa shape index (κ1) is 21.0. The van der Waals surface area contributed by atoms with E-state index < -0.39 is 23.8 Å². The van der Waals surface area contributed by atoms with Crippen LogP contribution in [0.3, 0.4) is 0 Å². The molecule has 4 rings (SSSR count). The van der Waals surface area contributed by atoms with Crippen LogP contribution in [-0.4, -0.2) is 50.7 Å². The lowest BCUT2D eigenvalue weighted by molar-refractivity contribution is -0.149. The zero-order valence-electron chi connectivity index (χ0n) is 17.2. The number of esters is 1. The lowest BCUT2D eigenvalue weighted by Gasteiger charge is -2.24. The fraction of sp³-hybridized carbons (Fsp3) is 0.261. The number of amides is 2. The van der Waals surface area contributed by atoms with Crippen molar-refractivity contribution in [2.45, 2.75) is 26.0 Å². The molecule has 1 aliphatic rings. The van der Waals surface area contributed by atoms with Gasteiger partial charge in [-0.3, -0.25) is 14.5 Å². The van der Waals surface area contributed by atoms with Crippen molar-refractivity contribution in [1.29, 1.82) is 0 Å². The van der Waals surface area contributed by atoms with Gasteiger partial charge in [-0.2, -0.15) is 11.8 Å². The molecule has 0 unspecified atom stereocenters. The molecule has 0 saturated carbocycles. The Morgan fingerprint density at radius 1 is 1.00 bits per heavy atom. The second-order valence-corrected chi connectivity index (χ2v) is 8.16. The third kappa shape index (κ3) is 4.03. The van der Waals surface area contributed by atoms with E-state index in [4.69, 9.17) is 4.74 Å². The molecule has 0 fully saturated rings. The second kappa shape index (κ2) is 8.85. The lowest BCUT2D eigenvalue weighted by atomic mass is 10.1. The number of para-hydroxylation sites is 2. The maximum atomic E-state index is 13.0. The largest absolute Gasteiger partial charge is 0.458 e. The molecule has 0 bridgehead atoms. The number of hydrogen-bond acceptors (Lipinski definition) is 7. The van der Waals surface area contributed by atoms with Crippen LogP contribution in [-0.2, 0) is 16.1 Å². The number of hydrogen-bond donors (Lipinski definition) is 0. The van der Waals surface area contributed by atoms with Gasteiger partial charge in [0.2, 0.25) is 0 Å². The Morgan fingerprint density at radius 2 is 1.58 bits per heavy atom. The first-order chi connectivity index (χ1) is 15.0. The first-order valence-electron chi connectivity index (χ1n) is 9.86. The molecule has 0 saturated heterocycles. The lowest BCUT2D eigenvalue weighted by Crippen LogP contribution is -2.46. The number of thioether (sulfide) groups is 1. The average Bonchev–Trinajstić information content (AvgIpc) is 3.03. The van der Waals surface area contributed by atoms with Crippen LogP contribution in [0.1, 0.15) is 38.5 Å². The Balaban J connectivity index is 1.55. The molecule has 0 radical (unpaired) electrons. The van der Waals surface area contributed by atoms with Crippen molar-refractivity contribution in [3.63, 3.8) is 0 Å². The number of aromatic nitrogens is 2. The van der Waals surface area contributed by atoms with Gasteiger partial charge in [0.15, 0.2) is 0 Å². The molecule has 0 N–H and O–H groups in total. The number of fused-ring (bicyclic) bond motifs is 2. The highest BCUT2D eigenvalue weighted by atomic mass is 32.2. The number of carbonyl (C=O) groups excluding carboxylic acids is 3. The van der Waals surface area contributed by atoms with Crippen molar-refractivity contribution in [3.8, 4) is 0 Å². The molecule has 2 aromatic carbocycles. The van der Waals surface area contributed by atoms with Gasteiger partial charge in [-0.15, -0.1) is 0 Å². The van der Waals surface area contributed by atoms with Crippen LogP contribution in [0, 0.1) is 6.92 Å². The van der Waals surface area contributed by atoms with Crippen LogP contribution < -0.4 is 0 Å². The SMILES string of the molecule is CSCC[C@H](C(=O)OCc1nc2ccccc2nc1C)N1C(=O)c2ccccc2C1=O. The highest BCUT2D eigenvalue weighted by molar-refractivity contribution is 7.98. The van der Waals surface area contributed by atoms with E-state index in [1.807, 2.05) is 30.5 Å². The normalized spacial score (nSPS) is 14.1. The Kier molecular flexibility index (Phi) is 5.99. The molecule has 1 aromatic heterocycles. The van der Waals surface area contributed by atoms with Gasteiger partial charge >= 0.3 is 5.97 Å². The zero-order valence-corrected chi connectivity index (χ0v) is 18.0. The summed E-state index contributed by atoms with van der Waals surface area (Å²) in [5, 5.41) is 0. The molecule has 7 nitrogen and oxygen atoms in total. The molecule has 158 valence electrons. The summed E-state index contributed by atoms with van der Waals surface area (Å²) in [5.74, 6) is -0.962. The van der Waals surface area contributed by atoms with E-state index in [0.29, 0.717) is 40.2 Å². The van der Waals surface area contributed by atoms with Gasteiger partial charge in [0, 0.05) is 0 Å². The quantitative estimate of drug-likeness (QED) is 0.415. The molecule has 0 aliphatic carbocycles. The van der Waals surface area contributed by atoms with Crippen LogP contribution in [0.5, 0.6) is 0 Å². The summed E-state index contributed by atoms with van der Waals surface area (Å²) in [6, 6.07) is 13.1. The summed E-state index contributed by atoms with van der Waals surface area (Å²) in [6.07, 6.45) is 2.21. The van der Waals surface area contributed by atoms with Crippen molar-refractivity contribution in [1.82, 2.24) is 14.9 Å². The minimum absolute atomic E-state index is 0.0819. The highest BCUT2D eigenvalue weighted by Gasteiger charge is 2.43. The van der Waals surface area contributed by atoms with E-state index in [2.05, 4.69) is 9.97 Å². The monoisotopic (exact) mass is 435 g/mol. The van der Waals surface area contributed by atoms with Crippen LogP contribution in [0.4, 0.5) is 0 Å². The fourth-order valence-electron chi connectivity index (χ4n) is 3.57. The van der Waals surface area contributed by atoms with Gasteiger partial charge in [0.25, 0.3) is 11.8 Å². The second-order valence-electron chi connectivity index (χ2n) is 7.18. The smallest absolute Gasteiger partial charge is 0.329 e. The predicted molar refractivity (Wildman–Crippen MR) is 118 cm³/mol. The number of imide groups is 1. The molecule has 1 aliphatic heterocycles. The van der Waals surface area contributed by atoms with Crippen molar-refractivity contribution >= 4 is 40.6 Å². The Bertz CT molecular complexity index is 1150. The summed E-state index contributed by atoms with van der Waals surface area (Å²) < 4.78 is 5.53. The van der Waals surface area contributed by atoms with E-state index in [-0.39, 0.29) is 6.61 Å². The third-order valence-corrected chi connectivity index (χ3v) is 5.84. The number of ether oxygens (including phenoxy) is 1. The summed E-state index contributed by atoms with van der Waals surface area (Å²) in [5.41, 5.74) is 3.29. The molecule has 8 heteroatoms. The van der Waals surface area contributed by atoms with Crippen molar-refractivity contribution < 1.29 is 19.1 Å². The fourth-order valence-corrected chi connectivity index (χ4v) is 4.03. The zero-order chi connectivity index (χ0) is 22.0. The van der Waals surface area contributed by atoms with Gasteiger partial charge in [-0.25, -0.2) is 14.8 Å². The Labute approximate surface area is 183 Å². The van der Waals surface area contributed by atoms with E-state index in [0.717, 1.165) is 10.4 Å². The number of rotatable bonds is 7. The summed E-state index contributed by atoms with van der Waals surface area (Å²) >= 11 is 1.53. The van der Waals surface area contributed by atoms with Crippen LogP contribution in [0.15, 0.2) is 48.5 Å². The van der Waals surface area contributed by atoms with Crippen molar-refractivity contribution in [2.24, 2.45) is 0 Å². The minimum Gasteiger partial charge on any atom is -0.458 e. The van der Waals surface area contributed by atoms with Crippen molar-refractivity contribution in [3.05, 3.63) is 71.0 Å². The molecule has 3 aromatic rings. The third-order valence-electron chi connectivity index (χ3n) is 5.20. The molecular weight excluding hydrogens is 414 g/mol. The molecule has 31 heavy (non-hydrogen) atoms. The van der Waals surface area contributed by atoms with Gasteiger partial charge < -0.3 is 4.74 Å². The van der Waals surface area contributed by atoms with Gasteiger partial charge in [0.05, 0.1) is 33.5 Å². The van der Waals surface area contributed by atoms with Crippen LogP contribution in [0.25, 0.3) is 11.0 Å². The molecule has 0 spiro atoms. The van der Waals surface area contributed by atoms with E-state index in [9.17, 15) is 14.4 Å². The number of carbonyl (C=O) groups is 3. The van der Waals surface area contributed by atoms with Gasteiger partial charge in [0.1, 0.15) is 12.6 Å². The number of benzene rings is 2. The highest BCUT2D eigenvalue weighted by Crippen LogP contribution is 2.27. The standard InChI is InChI=1S/C23H21N3O4S/c1-14-19(25-18-10-6-5-9-17(18)24-14)13-30-23(29)20(11-12-31-2)26-21(27)15-7-3-4-8-16(15)22(26)28/h3-10,20H,11-13H2,1-2H3/t20-/m1/s1. The van der Waals surface area contributed by atoms with Gasteiger partial charge in [-0.1, -0.05) is 24.3 Å². The van der Waals surface area contributed by atoms with E-state index in [1.165, 1.54) is 11.8 Å². The number of nitrogens with zero attached hydrogens (tertiary/aromatic N) is 3. The van der Waals surface area contributed by atoms with Gasteiger partial charge in [-0.05, 0) is 49.6 Å².